The summed E-state index contributed by atoms with van der Waals surface area (Å²) in [4.78, 5) is 36.9. The van der Waals surface area contributed by atoms with E-state index in [0.717, 1.165) is 29.7 Å². The first-order valence-electron chi connectivity index (χ1n) is 7.72. The number of halogens is 2. The summed E-state index contributed by atoms with van der Waals surface area (Å²) in [5.41, 5.74) is 6.84. The average molecular weight is 413 g/mol. The van der Waals surface area contributed by atoms with Crippen molar-refractivity contribution in [2.75, 3.05) is 11.9 Å². The largest absolute Gasteiger partial charge is 0.452 e. The minimum absolute atomic E-state index is 0.142. The number of amides is 2. The Morgan fingerprint density at radius 3 is 2.50 bits per heavy atom. The second-order valence-corrected chi connectivity index (χ2v) is 7.69. The number of nitrogens with one attached hydrogen (secondary N) is 1. The van der Waals surface area contributed by atoms with E-state index in [9.17, 15) is 14.4 Å². The van der Waals surface area contributed by atoms with E-state index in [1.54, 1.807) is 0 Å². The third-order valence-corrected chi connectivity index (χ3v) is 5.50. The highest BCUT2D eigenvalue weighted by Gasteiger charge is 2.26. The number of primary amides is 1. The molecule has 0 aliphatic heterocycles. The minimum Gasteiger partial charge on any atom is -0.452 e. The van der Waals surface area contributed by atoms with E-state index in [1.165, 1.54) is 29.5 Å². The van der Waals surface area contributed by atoms with Gasteiger partial charge in [-0.15, -0.1) is 11.3 Å². The number of benzene rings is 1. The molecule has 1 aliphatic rings. The highest BCUT2D eigenvalue weighted by molar-refractivity contribution is 7.17. The van der Waals surface area contributed by atoms with Crippen LogP contribution in [0.4, 0.5) is 5.00 Å². The van der Waals surface area contributed by atoms with Crippen LogP contribution in [0.25, 0.3) is 0 Å². The zero-order valence-electron chi connectivity index (χ0n) is 13.4. The van der Waals surface area contributed by atoms with Crippen LogP contribution in [0.5, 0.6) is 0 Å². The van der Waals surface area contributed by atoms with E-state index in [4.69, 9.17) is 33.7 Å². The molecule has 0 unspecified atom stereocenters. The first-order chi connectivity index (χ1) is 12.3. The molecule has 3 N–H and O–H groups in total. The van der Waals surface area contributed by atoms with Crippen molar-refractivity contribution in [1.29, 1.82) is 0 Å². The summed E-state index contributed by atoms with van der Waals surface area (Å²) in [6.45, 7) is -0.510. The second kappa shape index (κ2) is 7.65. The minimum atomic E-state index is -0.728. The van der Waals surface area contributed by atoms with Gasteiger partial charge in [0.15, 0.2) is 6.61 Å². The molecule has 0 atom stereocenters. The fourth-order valence-corrected chi connectivity index (χ4v) is 4.64. The average Bonchev–Trinajstić information content (AvgIpc) is 3.11. The van der Waals surface area contributed by atoms with Crippen molar-refractivity contribution in [1.82, 2.24) is 0 Å². The molecule has 6 nitrogen and oxygen atoms in total. The van der Waals surface area contributed by atoms with E-state index in [1.807, 2.05) is 0 Å². The molecule has 0 radical (unpaired) electrons. The first-order valence-corrected chi connectivity index (χ1v) is 9.30. The van der Waals surface area contributed by atoms with Gasteiger partial charge in [-0.25, -0.2) is 4.79 Å². The van der Waals surface area contributed by atoms with E-state index >= 15 is 0 Å². The van der Waals surface area contributed by atoms with Crippen molar-refractivity contribution in [3.63, 3.8) is 0 Å². The molecule has 1 aromatic heterocycles. The number of ether oxygens (including phenoxy) is 1. The Labute approximate surface area is 163 Å². The first kappa shape index (κ1) is 18.7. The van der Waals surface area contributed by atoms with Crippen molar-refractivity contribution in [2.45, 2.75) is 19.3 Å². The van der Waals surface area contributed by atoms with Gasteiger partial charge in [-0.1, -0.05) is 23.2 Å². The van der Waals surface area contributed by atoms with Gasteiger partial charge in [0.05, 0.1) is 11.1 Å². The van der Waals surface area contributed by atoms with Crippen LogP contribution in [0.1, 0.15) is 37.6 Å². The molecule has 1 aliphatic carbocycles. The lowest BCUT2D eigenvalue weighted by molar-refractivity contribution is -0.119. The van der Waals surface area contributed by atoms with Gasteiger partial charge in [0, 0.05) is 14.9 Å². The maximum atomic E-state index is 12.1. The normalized spacial score (nSPS) is 12.5. The van der Waals surface area contributed by atoms with Crippen LogP contribution in [0.3, 0.4) is 0 Å². The summed E-state index contributed by atoms with van der Waals surface area (Å²) in [7, 11) is 0. The number of anilines is 1. The van der Waals surface area contributed by atoms with E-state index in [0.29, 0.717) is 10.6 Å². The Balaban J connectivity index is 1.65. The lowest BCUT2D eigenvalue weighted by atomic mass is 10.1. The molecule has 0 saturated heterocycles. The molecule has 9 heteroatoms. The summed E-state index contributed by atoms with van der Waals surface area (Å²) >= 11 is 13.0. The number of rotatable bonds is 5. The highest BCUT2D eigenvalue weighted by atomic mass is 35.5. The number of nitrogens with two attached hydrogens (primary N) is 1. The quantitative estimate of drug-likeness (QED) is 0.734. The fourth-order valence-electron chi connectivity index (χ4n) is 2.80. The van der Waals surface area contributed by atoms with E-state index in [2.05, 4.69) is 5.32 Å². The zero-order valence-corrected chi connectivity index (χ0v) is 15.8. The van der Waals surface area contributed by atoms with Crippen molar-refractivity contribution in [2.24, 2.45) is 5.73 Å². The zero-order chi connectivity index (χ0) is 18.8. The standard InChI is InChI=1S/C17H14Cl2N2O4S/c18-9-4-8(5-10(19)6-9)17(24)25-7-13(22)21-16-14(15(20)23)11-2-1-3-12(11)26-16/h4-6H,1-3,7H2,(H2,20,23)(H,21,22). The summed E-state index contributed by atoms with van der Waals surface area (Å²) < 4.78 is 4.97. The molecule has 26 heavy (non-hydrogen) atoms. The number of hydrogen-bond donors (Lipinski definition) is 2. The number of aryl methyl sites for hydroxylation is 1. The van der Waals surface area contributed by atoms with Crippen LogP contribution in [0.15, 0.2) is 18.2 Å². The number of esters is 1. The van der Waals surface area contributed by atoms with Gasteiger partial charge in [0.1, 0.15) is 5.00 Å². The molecule has 2 aromatic rings. The maximum absolute atomic E-state index is 12.1. The molecule has 1 aromatic carbocycles. The topological polar surface area (TPSA) is 98.5 Å². The van der Waals surface area contributed by atoms with Crippen molar-refractivity contribution >= 4 is 57.3 Å². The summed E-state index contributed by atoms with van der Waals surface area (Å²) in [5, 5.41) is 3.57. The number of carbonyl (C=O) groups excluding carboxylic acids is 3. The van der Waals surface area contributed by atoms with E-state index < -0.39 is 24.4 Å². The molecule has 0 saturated carbocycles. The number of carbonyl (C=O) groups is 3. The predicted molar refractivity (Wildman–Crippen MR) is 100 cm³/mol. The van der Waals surface area contributed by atoms with Gasteiger partial charge in [-0.05, 0) is 43.0 Å². The van der Waals surface area contributed by atoms with Crippen LogP contribution in [0.2, 0.25) is 10.0 Å². The Morgan fingerprint density at radius 1 is 1.15 bits per heavy atom. The van der Waals surface area contributed by atoms with Crippen molar-refractivity contribution in [3.8, 4) is 0 Å². The molecule has 0 fully saturated rings. The maximum Gasteiger partial charge on any atom is 0.338 e. The summed E-state index contributed by atoms with van der Waals surface area (Å²) in [5.74, 6) is -1.87. The molecule has 3 rings (SSSR count). The fraction of sp³-hybridized carbons (Fsp3) is 0.235. The Bertz CT molecular complexity index is 890. The van der Waals surface area contributed by atoms with E-state index in [-0.39, 0.29) is 15.6 Å². The third kappa shape index (κ3) is 4.00. The molecule has 0 spiro atoms. The van der Waals surface area contributed by atoms with Gasteiger partial charge in [-0.3, -0.25) is 9.59 Å². The van der Waals surface area contributed by atoms with Crippen LogP contribution < -0.4 is 11.1 Å². The van der Waals surface area contributed by atoms with Crippen LogP contribution in [-0.4, -0.2) is 24.4 Å². The van der Waals surface area contributed by atoms with Crippen LogP contribution in [0, 0.1) is 0 Å². The smallest absolute Gasteiger partial charge is 0.338 e. The SMILES string of the molecule is NC(=O)c1c(NC(=O)COC(=O)c2cc(Cl)cc(Cl)c2)sc2c1CCC2. The highest BCUT2D eigenvalue weighted by Crippen LogP contribution is 2.38. The Hall–Kier alpha value is -2.09. The second-order valence-electron chi connectivity index (χ2n) is 5.71. The van der Waals surface area contributed by atoms with Gasteiger partial charge >= 0.3 is 5.97 Å². The Kier molecular flexibility index (Phi) is 5.50. The number of hydrogen-bond acceptors (Lipinski definition) is 5. The number of fused-ring (bicyclic) bond motifs is 1. The number of thiophene rings is 1. The van der Waals surface area contributed by atoms with Gasteiger partial charge in [-0.2, -0.15) is 0 Å². The van der Waals surface area contributed by atoms with Gasteiger partial charge in [0.2, 0.25) is 0 Å². The molecule has 136 valence electrons. The van der Waals surface area contributed by atoms with Crippen LogP contribution >= 0.6 is 34.5 Å². The molecular weight excluding hydrogens is 399 g/mol. The molecule has 0 bridgehead atoms. The predicted octanol–water partition coefficient (Wildman–Crippen LogP) is 3.44. The lowest BCUT2D eigenvalue weighted by Gasteiger charge is -2.07. The Morgan fingerprint density at radius 2 is 1.85 bits per heavy atom. The summed E-state index contributed by atoms with van der Waals surface area (Å²) in [6.07, 6.45) is 2.60. The monoisotopic (exact) mass is 412 g/mol. The third-order valence-electron chi connectivity index (χ3n) is 3.85. The lowest BCUT2D eigenvalue weighted by Crippen LogP contribution is -2.22. The van der Waals surface area contributed by atoms with Crippen LogP contribution in [-0.2, 0) is 22.4 Å². The molecule has 2 amide bonds. The molecular formula is C17H14Cl2N2O4S. The summed E-state index contributed by atoms with van der Waals surface area (Å²) in [6, 6.07) is 4.26. The van der Waals surface area contributed by atoms with Gasteiger partial charge < -0.3 is 15.8 Å². The van der Waals surface area contributed by atoms with Crippen molar-refractivity contribution in [3.05, 3.63) is 49.8 Å². The van der Waals surface area contributed by atoms with Gasteiger partial charge in [0.25, 0.3) is 11.8 Å². The molecule has 1 heterocycles. The van der Waals surface area contributed by atoms with Crippen molar-refractivity contribution < 1.29 is 19.1 Å².